The van der Waals surface area contributed by atoms with Crippen molar-refractivity contribution in [1.82, 2.24) is 0 Å². The number of allylic oxidation sites excluding steroid dienone is 1. The van der Waals surface area contributed by atoms with E-state index in [9.17, 15) is 4.55 Å². The second-order valence-corrected chi connectivity index (χ2v) is 4.01. The van der Waals surface area contributed by atoms with Crippen molar-refractivity contribution in [2.75, 3.05) is 6.26 Å². The maximum Gasteiger partial charge on any atom is 0.126 e. The van der Waals surface area contributed by atoms with E-state index in [0.29, 0.717) is 0 Å². The van der Waals surface area contributed by atoms with Gasteiger partial charge in [-0.05, 0) is 13.0 Å². The molecule has 3 heteroatoms. The molecule has 0 aliphatic heterocycles. The normalized spacial score (nSPS) is 15.3. The predicted molar refractivity (Wildman–Crippen MR) is 36.5 cm³/mol. The molecule has 0 saturated carbocycles. The molecule has 0 aromatic carbocycles. The molecule has 1 nitrogen and oxygen atoms in total. The lowest BCUT2D eigenvalue weighted by atomic mass is 10.8. The van der Waals surface area contributed by atoms with E-state index in [-0.39, 0.29) is 0 Å². The fraction of sp³-hybridized carbons (Fsp3) is 0.500. The second kappa shape index (κ2) is 4.56. The van der Waals surface area contributed by atoms with E-state index in [1.165, 1.54) is 10.8 Å². The summed E-state index contributed by atoms with van der Waals surface area (Å²) in [6, 6.07) is 0. The molecule has 0 heterocycles. The van der Waals surface area contributed by atoms with Crippen LogP contribution in [0.15, 0.2) is 11.5 Å². The van der Waals surface area contributed by atoms with Crippen LogP contribution in [0, 0.1) is 0 Å². The summed E-state index contributed by atoms with van der Waals surface area (Å²) in [6.07, 6.45) is 3.60. The van der Waals surface area contributed by atoms with Crippen LogP contribution in [0.1, 0.15) is 6.92 Å². The van der Waals surface area contributed by atoms with Gasteiger partial charge in [0.1, 0.15) is 5.41 Å². The van der Waals surface area contributed by atoms with Gasteiger partial charge in [-0.3, -0.25) is 0 Å². The summed E-state index contributed by atoms with van der Waals surface area (Å²) < 4.78 is 10.4. The van der Waals surface area contributed by atoms with Gasteiger partial charge >= 0.3 is 0 Å². The first kappa shape index (κ1) is 7.40. The lowest BCUT2D eigenvalue weighted by Crippen LogP contribution is -1.82. The minimum atomic E-state index is -0.791. The van der Waals surface area contributed by atoms with Crippen molar-refractivity contribution >= 4 is 21.0 Å². The third-order valence-electron chi connectivity index (χ3n) is 0.411. The topological polar surface area (TPSA) is 23.1 Å². The van der Waals surface area contributed by atoms with Crippen LogP contribution in [0.3, 0.4) is 0 Å². The van der Waals surface area contributed by atoms with Crippen molar-refractivity contribution in [2.45, 2.75) is 6.92 Å². The van der Waals surface area contributed by atoms with E-state index in [1.54, 1.807) is 11.5 Å². The molecule has 0 aromatic rings. The van der Waals surface area contributed by atoms with Gasteiger partial charge in [-0.1, -0.05) is 0 Å². The van der Waals surface area contributed by atoms with E-state index >= 15 is 0 Å². The van der Waals surface area contributed by atoms with Crippen molar-refractivity contribution in [3.05, 3.63) is 11.5 Å². The zero-order chi connectivity index (χ0) is 5.70. The molecule has 0 aromatic heterocycles. The first-order valence-corrected chi connectivity index (χ1v) is 4.84. The van der Waals surface area contributed by atoms with E-state index in [2.05, 4.69) is 0 Å². The average Bonchev–Trinajstić information content (AvgIpc) is 1.68. The van der Waals surface area contributed by atoms with Gasteiger partial charge in [0.05, 0.1) is 21.0 Å². The lowest BCUT2D eigenvalue weighted by molar-refractivity contribution is 0.617. The fourth-order valence-corrected chi connectivity index (χ4v) is 1.17. The van der Waals surface area contributed by atoms with Crippen LogP contribution in [-0.4, -0.2) is 10.8 Å². The Morgan fingerprint density at radius 2 is 2.29 bits per heavy atom. The smallest absolute Gasteiger partial charge is 0.126 e. The molecule has 0 bridgehead atoms. The summed E-state index contributed by atoms with van der Waals surface area (Å²) in [5.74, 6) is 0. The van der Waals surface area contributed by atoms with E-state index in [4.69, 9.17) is 0 Å². The van der Waals surface area contributed by atoms with Crippen molar-refractivity contribution in [3.63, 3.8) is 0 Å². The maximum absolute atomic E-state index is 10.4. The first-order chi connectivity index (χ1) is 3.31. The van der Waals surface area contributed by atoms with Gasteiger partial charge in [0.2, 0.25) is 0 Å². The van der Waals surface area contributed by atoms with Crippen LogP contribution < -0.4 is 0 Å². The zero-order valence-electron chi connectivity index (χ0n) is 4.38. The highest BCUT2D eigenvalue weighted by molar-refractivity contribution is 8.72. The van der Waals surface area contributed by atoms with Gasteiger partial charge in [0, 0.05) is 6.26 Å². The highest BCUT2D eigenvalue weighted by Gasteiger charge is 1.92. The van der Waals surface area contributed by atoms with Crippen LogP contribution in [-0.2, 0) is 10.2 Å². The van der Waals surface area contributed by atoms with E-state index in [1.807, 2.05) is 13.2 Å². The maximum atomic E-state index is 10.4. The van der Waals surface area contributed by atoms with Crippen LogP contribution in [0.25, 0.3) is 0 Å². The van der Waals surface area contributed by atoms with Crippen molar-refractivity contribution < 1.29 is 4.55 Å². The molecular weight excluding hydrogens is 128 g/mol. The second-order valence-electron chi connectivity index (χ2n) is 0.897. The summed E-state index contributed by atoms with van der Waals surface area (Å²) in [6.45, 7) is 1.86. The first-order valence-electron chi connectivity index (χ1n) is 1.89. The Kier molecular flexibility index (Phi) is 4.82. The zero-order valence-corrected chi connectivity index (χ0v) is 6.01. The number of hydrogen-bond donors (Lipinski definition) is 0. The monoisotopic (exact) mass is 136 g/mol. The van der Waals surface area contributed by atoms with Crippen molar-refractivity contribution in [2.24, 2.45) is 0 Å². The van der Waals surface area contributed by atoms with E-state index in [0.717, 1.165) is 0 Å². The van der Waals surface area contributed by atoms with Gasteiger partial charge < -0.3 is 4.55 Å². The van der Waals surface area contributed by atoms with Crippen molar-refractivity contribution in [3.8, 4) is 0 Å². The minimum Gasteiger partial charge on any atom is -0.601 e. The van der Waals surface area contributed by atoms with Gasteiger partial charge in [-0.15, -0.1) is 0 Å². The molecule has 0 fully saturated rings. The molecule has 0 spiro atoms. The largest absolute Gasteiger partial charge is 0.601 e. The molecule has 0 radical (unpaired) electrons. The SMILES string of the molecule is CC=C[S+]([O-])SC. The Hall–Kier alpha value is 0.400. The number of hydrogen-bond acceptors (Lipinski definition) is 2. The summed E-state index contributed by atoms with van der Waals surface area (Å²) in [4.78, 5) is 0. The molecule has 42 valence electrons. The summed E-state index contributed by atoms with van der Waals surface area (Å²) in [5.41, 5.74) is 0. The highest BCUT2D eigenvalue weighted by Crippen LogP contribution is 2.07. The third-order valence-corrected chi connectivity index (χ3v) is 2.55. The van der Waals surface area contributed by atoms with Gasteiger partial charge in [-0.25, -0.2) is 0 Å². The molecule has 0 saturated heterocycles. The van der Waals surface area contributed by atoms with Crippen LogP contribution >= 0.6 is 10.8 Å². The molecule has 7 heavy (non-hydrogen) atoms. The summed E-state index contributed by atoms with van der Waals surface area (Å²) in [7, 11) is 0.544. The van der Waals surface area contributed by atoms with Crippen LogP contribution in [0.4, 0.5) is 0 Å². The van der Waals surface area contributed by atoms with Crippen LogP contribution in [0.2, 0.25) is 0 Å². The predicted octanol–water partition coefficient (Wildman–Crippen LogP) is 1.55. The molecule has 0 amide bonds. The molecule has 0 N–H and O–H groups in total. The number of rotatable bonds is 2. The summed E-state index contributed by atoms with van der Waals surface area (Å²) in [5, 5.41) is 1.66. The Morgan fingerprint density at radius 1 is 1.71 bits per heavy atom. The lowest BCUT2D eigenvalue weighted by Gasteiger charge is -1.94. The Bertz CT molecular complexity index is 62.7. The molecule has 0 rings (SSSR count). The quantitative estimate of drug-likeness (QED) is 0.424. The summed E-state index contributed by atoms with van der Waals surface area (Å²) >= 11 is 0. The van der Waals surface area contributed by atoms with Gasteiger partial charge in [-0.2, -0.15) is 0 Å². The molecule has 0 aliphatic carbocycles. The standard InChI is InChI=1S/C4H8OS2/c1-3-4-7(5)6-2/h3-4H,1-2H3. The Balaban J connectivity index is 3.16. The Morgan fingerprint density at radius 3 is 2.43 bits per heavy atom. The average molecular weight is 136 g/mol. The van der Waals surface area contributed by atoms with E-state index < -0.39 is 10.2 Å². The van der Waals surface area contributed by atoms with Crippen LogP contribution in [0.5, 0.6) is 0 Å². The molecular formula is C4H8OS2. The molecule has 1 atom stereocenters. The minimum absolute atomic E-state index is 0.791. The van der Waals surface area contributed by atoms with Gasteiger partial charge in [0.15, 0.2) is 0 Å². The third kappa shape index (κ3) is 4.25. The Labute approximate surface area is 50.8 Å². The fourth-order valence-electron chi connectivity index (χ4n) is 0.167. The van der Waals surface area contributed by atoms with Crippen molar-refractivity contribution in [1.29, 1.82) is 0 Å². The molecule has 1 unspecified atom stereocenters. The van der Waals surface area contributed by atoms with Gasteiger partial charge in [0.25, 0.3) is 0 Å². The molecule has 0 aliphatic rings. The highest BCUT2D eigenvalue weighted by atomic mass is 33.1.